The van der Waals surface area contributed by atoms with Crippen LogP contribution in [0.2, 0.25) is 0 Å². The molecule has 3 rings (SSSR count). The van der Waals surface area contributed by atoms with E-state index in [1.165, 1.54) is 11.0 Å². The van der Waals surface area contributed by atoms with Gasteiger partial charge in [0.05, 0.1) is 5.69 Å². The quantitative estimate of drug-likeness (QED) is 0.798. The van der Waals surface area contributed by atoms with Crippen molar-refractivity contribution in [1.29, 1.82) is 0 Å². The summed E-state index contributed by atoms with van der Waals surface area (Å²) in [7, 11) is 0. The van der Waals surface area contributed by atoms with E-state index < -0.39 is 0 Å². The number of rotatable bonds is 3. The lowest BCUT2D eigenvalue weighted by Crippen LogP contribution is -2.12. The molecule has 1 aromatic heterocycles. The summed E-state index contributed by atoms with van der Waals surface area (Å²) in [5, 5.41) is 13.9. The van der Waals surface area contributed by atoms with Gasteiger partial charge in [-0.05, 0) is 47.7 Å². The molecule has 0 fully saturated rings. The molecule has 3 aromatic rings. The standard InChI is InChI=1S/C15H13N5O/c1-11-4-2-5-12(8-11)15(21)17-13-6-3-7-14(9-13)20-10-16-18-19-20/h2-10H,1H3,(H,17,21). The first kappa shape index (κ1) is 13.0. The number of nitrogens with one attached hydrogen (secondary N) is 1. The summed E-state index contributed by atoms with van der Waals surface area (Å²) in [6, 6.07) is 14.8. The lowest BCUT2D eigenvalue weighted by molar-refractivity contribution is 0.102. The predicted octanol–water partition coefficient (Wildman–Crippen LogP) is 2.22. The molecule has 6 heteroatoms. The predicted molar refractivity (Wildman–Crippen MR) is 78.3 cm³/mol. The Morgan fingerprint density at radius 3 is 2.76 bits per heavy atom. The summed E-state index contributed by atoms with van der Waals surface area (Å²) < 4.78 is 1.53. The molecule has 0 radical (unpaired) electrons. The minimum Gasteiger partial charge on any atom is -0.322 e. The van der Waals surface area contributed by atoms with Crippen LogP contribution < -0.4 is 5.32 Å². The van der Waals surface area contributed by atoms with Crippen LogP contribution in [0.4, 0.5) is 5.69 Å². The number of carbonyl (C=O) groups excluding carboxylic acids is 1. The van der Waals surface area contributed by atoms with Crippen molar-refractivity contribution in [3.63, 3.8) is 0 Å². The molecule has 0 saturated heterocycles. The second-order valence-corrected chi connectivity index (χ2v) is 4.63. The fourth-order valence-electron chi connectivity index (χ4n) is 2.00. The van der Waals surface area contributed by atoms with E-state index in [-0.39, 0.29) is 5.91 Å². The Labute approximate surface area is 121 Å². The Morgan fingerprint density at radius 1 is 1.14 bits per heavy atom. The zero-order valence-electron chi connectivity index (χ0n) is 11.4. The van der Waals surface area contributed by atoms with Gasteiger partial charge in [0, 0.05) is 11.3 Å². The molecule has 0 atom stereocenters. The van der Waals surface area contributed by atoms with Crippen molar-refractivity contribution >= 4 is 11.6 Å². The topological polar surface area (TPSA) is 72.7 Å². The fourth-order valence-corrected chi connectivity index (χ4v) is 2.00. The summed E-state index contributed by atoms with van der Waals surface area (Å²) in [6.45, 7) is 1.95. The maximum absolute atomic E-state index is 12.2. The summed E-state index contributed by atoms with van der Waals surface area (Å²) in [6.07, 6.45) is 1.50. The molecule has 0 saturated carbocycles. The van der Waals surface area contributed by atoms with Crippen molar-refractivity contribution in [3.05, 3.63) is 66.0 Å². The molecule has 0 spiro atoms. The van der Waals surface area contributed by atoms with Crippen molar-refractivity contribution < 1.29 is 4.79 Å². The summed E-state index contributed by atoms with van der Waals surface area (Å²) in [5.74, 6) is -0.146. The van der Waals surface area contributed by atoms with Crippen LogP contribution in [0.1, 0.15) is 15.9 Å². The minimum atomic E-state index is -0.146. The SMILES string of the molecule is Cc1cccc(C(=O)Nc2cccc(-n3cnnn3)c2)c1. The minimum absolute atomic E-state index is 0.146. The molecular weight excluding hydrogens is 266 g/mol. The Morgan fingerprint density at radius 2 is 2.00 bits per heavy atom. The van der Waals surface area contributed by atoms with Crippen molar-refractivity contribution in [1.82, 2.24) is 20.2 Å². The molecule has 1 heterocycles. The number of amides is 1. The van der Waals surface area contributed by atoms with E-state index in [0.29, 0.717) is 11.3 Å². The van der Waals surface area contributed by atoms with Crippen LogP contribution in [0.25, 0.3) is 5.69 Å². The molecule has 6 nitrogen and oxygen atoms in total. The molecule has 104 valence electrons. The smallest absolute Gasteiger partial charge is 0.255 e. The molecule has 21 heavy (non-hydrogen) atoms. The maximum atomic E-state index is 12.2. The van der Waals surface area contributed by atoms with Crippen molar-refractivity contribution in [3.8, 4) is 5.69 Å². The second-order valence-electron chi connectivity index (χ2n) is 4.63. The molecule has 0 aliphatic carbocycles. The number of hydrogen-bond acceptors (Lipinski definition) is 4. The monoisotopic (exact) mass is 279 g/mol. The van der Waals surface area contributed by atoms with Crippen LogP contribution in [0, 0.1) is 6.92 Å². The number of aromatic nitrogens is 4. The zero-order valence-corrected chi connectivity index (χ0v) is 11.4. The summed E-state index contributed by atoms with van der Waals surface area (Å²) >= 11 is 0. The van der Waals surface area contributed by atoms with Gasteiger partial charge < -0.3 is 5.32 Å². The molecule has 0 aliphatic heterocycles. The normalized spacial score (nSPS) is 10.3. The largest absolute Gasteiger partial charge is 0.322 e. The van der Waals surface area contributed by atoms with Gasteiger partial charge in [0.1, 0.15) is 6.33 Å². The number of anilines is 1. The first-order chi connectivity index (χ1) is 10.2. The van der Waals surface area contributed by atoms with Gasteiger partial charge in [-0.1, -0.05) is 23.8 Å². The van der Waals surface area contributed by atoms with Gasteiger partial charge in [-0.25, -0.2) is 4.68 Å². The van der Waals surface area contributed by atoms with E-state index in [2.05, 4.69) is 20.8 Å². The van der Waals surface area contributed by atoms with Crippen LogP contribution in [0.5, 0.6) is 0 Å². The van der Waals surface area contributed by atoms with Gasteiger partial charge in [-0.3, -0.25) is 4.79 Å². The maximum Gasteiger partial charge on any atom is 0.255 e. The van der Waals surface area contributed by atoms with Crippen LogP contribution in [-0.2, 0) is 0 Å². The Bertz CT molecular complexity index is 767. The van der Waals surface area contributed by atoms with Crippen LogP contribution >= 0.6 is 0 Å². The van der Waals surface area contributed by atoms with Gasteiger partial charge >= 0.3 is 0 Å². The molecule has 2 aromatic carbocycles. The first-order valence-corrected chi connectivity index (χ1v) is 6.44. The third kappa shape index (κ3) is 2.94. The van der Waals surface area contributed by atoms with Gasteiger partial charge in [0.2, 0.25) is 0 Å². The number of benzene rings is 2. The van der Waals surface area contributed by atoms with Crippen LogP contribution in [-0.4, -0.2) is 26.1 Å². The molecule has 1 amide bonds. The lowest BCUT2D eigenvalue weighted by Gasteiger charge is -2.07. The fraction of sp³-hybridized carbons (Fsp3) is 0.0667. The highest BCUT2D eigenvalue weighted by Gasteiger charge is 2.07. The third-order valence-corrected chi connectivity index (χ3v) is 3.00. The van der Waals surface area contributed by atoms with E-state index in [1.54, 1.807) is 6.07 Å². The highest BCUT2D eigenvalue weighted by atomic mass is 16.1. The Kier molecular flexibility index (Phi) is 3.42. The van der Waals surface area contributed by atoms with Gasteiger partial charge in [0.15, 0.2) is 0 Å². The second kappa shape index (κ2) is 5.54. The average molecular weight is 279 g/mol. The first-order valence-electron chi connectivity index (χ1n) is 6.44. The van der Waals surface area contributed by atoms with Crippen LogP contribution in [0.3, 0.4) is 0 Å². The van der Waals surface area contributed by atoms with Gasteiger partial charge in [-0.2, -0.15) is 0 Å². The number of tetrazole rings is 1. The van der Waals surface area contributed by atoms with Gasteiger partial charge in [0.25, 0.3) is 5.91 Å². The highest BCUT2D eigenvalue weighted by Crippen LogP contribution is 2.15. The Hall–Kier alpha value is -3.02. The summed E-state index contributed by atoms with van der Waals surface area (Å²) in [5.41, 5.74) is 3.14. The number of aryl methyl sites for hydroxylation is 1. The van der Waals surface area contributed by atoms with Gasteiger partial charge in [-0.15, -0.1) is 5.10 Å². The summed E-state index contributed by atoms with van der Waals surface area (Å²) in [4.78, 5) is 12.2. The molecular formula is C15H13N5O. The van der Waals surface area contributed by atoms with E-state index in [9.17, 15) is 4.79 Å². The molecule has 0 bridgehead atoms. The van der Waals surface area contributed by atoms with Crippen molar-refractivity contribution in [2.45, 2.75) is 6.92 Å². The lowest BCUT2D eigenvalue weighted by atomic mass is 10.1. The number of nitrogens with zero attached hydrogens (tertiary/aromatic N) is 4. The van der Waals surface area contributed by atoms with Crippen molar-refractivity contribution in [2.75, 3.05) is 5.32 Å². The zero-order chi connectivity index (χ0) is 14.7. The third-order valence-electron chi connectivity index (χ3n) is 3.00. The van der Waals surface area contributed by atoms with Crippen molar-refractivity contribution in [2.24, 2.45) is 0 Å². The van der Waals surface area contributed by atoms with Crippen LogP contribution in [0.15, 0.2) is 54.9 Å². The van der Waals surface area contributed by atoms with E-state index >= 15 is 0 Å². The van der Waals surface area contributed by atoms with E-state index in [4.69, 9.17) is 0 Å². The number of hydrogen-bond donors (Lipinski definition) is 1. The van der Waals surface area contributed by atoms with E-state index in [0.717, 1.165) is 11.3 Å². The molecule has 0 aliphatic rings. The van der Waals surface area contributed by atoms with E-state index in [1.807, 2.05) is 49.4 Å². The average Bonchev–Trinajstić information content (AvgIpc) is 3.02. The molecule has 1 N–H and O–H groups in total. The number of carbonyl (C=O) groups is 1. The Balaban J connectivity index is 1.82. The molecule has 0 unspecified atom stereocenters. The highest BCUT2D eigenvalue weighted by molar-refractivity contribution is 6.04.